The van der Waals surface area contributed by atoms with E-state index in [0.29, 0.717) is 5.75 Å². The maximum atomic E-state index is 11.9. The Morgan fingerprint density at radius 3 is 1.21 bits per heavy atom. The van der Waals surface area contributed by atoms with E-state index < -0.39 is 9.17 Å². The molecule has 0 saturated carbocycles. The van der Waals surface area contributed by atoms with Crippen molar-refractivity contribution in [3.05, 3.63) is 103 Å². The third-order valence-corrected chi connectivity index (χ3v) is 9.94. The van der Waals surface area contributed by atoms with Gasteiger partial charge in [-0.15, -0.1) is 0 Å². The SMILES string of the molecule is CC[N+](CC)(CC)CC.O=[Si]([O-])Oc1cc2c3ccccc3c3ccccc3c2c2c3ccccc3c3ccccc3c12. The second-order valence-electron chi connectivity index (χ2n) is 11.2. The second-order valence-corrected chi connectivity index (χ2v) is 11.9. The molecule has 0 N–H and O–H groups in total. The lowest BCUT2D eigenvalue weighted by atomic mass is 9.86. The van der Waals surface area contributed by atoms with Gasteiger partial charge in [-0.05, 0) is 87.6 Å². The van der Waals surface area contributed by atoms with Gasteiger partial charge in [-0.25, -0.2) is 0 Å². The molecule has 0 aromatic heterocycles. The molecule has 0 atom stereocenters. The topological polar surface area (TPSA) is 49.4 Å². The molecule has 0 radical (unpaired) electrons. The minimum atomic E-state index is -3.46. The third kappa shape index (κ3) is 4.83. The van der Waals surface area contributed by atoms with Crippen LogP contribution in [0.4, 0.5) is 0 Å². The Kier molecular flexibility index (Phi) is 7.86. The van der Waals surface area contributed by atoms with Crippen LogP contribution in [0.2, 0.25) is 0 Å². The molecule has 7 rings (SSSR count). The minimum Gasteiger partial charge on any atom is -0.554 e. The van der Waals surface area contributed by atoms with Gasteiger partial charge in [0.1, 0.15) is 0 Å². The summed E-state index contributed by atoms with van der Waals surface area (Å²) in [6.07, 6.45) is 0. The van der Waals surface area contributed by atoms with Crippen LogP contribution in [-0.2, 0) is 4.46 Å². The molecular formula is C38H37NO3Si. The standard InChI is InChI=1S/C30H17O3Si.C8H20N/c31-34(32)33-27-17-26-22-13-2-1-9-18(22)19-10-3-6-14-23(19)28(26)30-25-16-8-5-12-21(25)20-11-4-7-15-24(20)29(27)30;1-5-9(6-2,7-3)8-4/h1-17H;5-8H2,1-4H3/q-1;+1. The molecule has 0 spiro atoms. The van der Waals surface area contributed by atoms with E-state index in [0.717, 1.165) is 59.2 Å². The van der Waals surface area contributed by atoms with Gasteiger partial charge in [0, 0.05) is 16.5 Å². The summed E-state index contributed by atoms with van der Waals surface area (Å²) in [6.45, 7) is 14.2. The van der Waals surface area contributed by atoms with Gasteiger partial charge in [0.2, 0.25) is 0 Å². The zero-order valence-electron chi connectivity index (χ0n) is 25.3. The average Bonchev–Trinajstić information content (AvgIpc) is 3.06. The number of benzene rings is 7. The van der Waals surface area contributed by atoms with Gasteiger partial charge in [-0.2, -0.15) is 0 Å². The molecule has 0 aliphatic heterocycles. The van der Waals surface area contributed by atoms with E-state index in [-0.39, 0.29) is 0 Å². The molecule has 7 aromatic carbocycles. The molecule has 43 heavy (non-hydrogen) atoms. The van der Waals surface area contributed by atoms with Crippen LogP contribution in [-0.4, -0.2) is 39.8 Å². The van der Waals surface area contributed by atoms with E-state index in [2.05, 4.69) is 82.3 Å². The van der Waals surface area contributed by atoms with Crippen molar-refractivity contribution in [1.29, 1.82) is 0 Å². The molecule has 0 saturated heterocycles. The largest absolute Gasteiger partial charge is 0.554 e. The van der Waals surface area contributed by atoms with Crippen molar-refractivity contribution in [1.82, 2.24) is 0 Å². The fraction of sp³-hybridized carbons (Fsp3) is 0.211. The Morgan fingerprint density at radius 1 is 0.512 bits per heavy atom. The van der Waals surface area contributed by atoms with Crippen LogP contribution in [0.1, 0.15) is 27.7 Å². The number of hydrogen-bond acceptors (Lipinski definition) is 3. The lowest BCUT2D eigenvalue weighted by molar-refractivity contribution is -0.921. The Balaban J connectivity index is 0.000000321. The molecule has 216 valence electrons. The van der Waals surface area contributed by atoms with Gasteiger partial charge < -0.3 is 18.2 Å². The van der Waals surface area contributed by atoms with Gasteiger partial charge in [-0.3, -0.25) is 0 Å². The first-order valence-electron chi connectivity index (χ1n) is 15.3. The van der Waals surface area contributed by atoms with Crippen molar-refractivity contribution in [2.24, 2.45) is 0 Å². The fourth-order valence-electron chi connectivity index (χ4n) is 6.96. The molecule has 0 heterocycles. The average molecular weight is 584 g/mol. The zero-order chi connectivity index (χ0) is 30.1. The molecule has 0 aliphatic rings. The third-order valence-electron chi connectivity index (χ3n) is 9.55. The summed E-state index contributed by atoms with van der Waals surface area (Å²) in [5.41, 5.74) is 0. The van der Waals surface area contributed by atoms with Crippen LogP contribution >= 0.6 is 0 Å². The van der Waals surface area contributed by atoms with E-state index in [1.165, 1.54) is 36.0 Å². The summed E-state index contributed by atoms with van der Waals surface area (Å²) < 4.78 is 18.7. The van der Waals surface area contributed by atoms with E-state index in [4.69, 9.17) is 4.43 Å². The predicted octanol–water partition coefficient (Wildman–Crippen LogP) is 8.64. The highest BCUT2D eigenvalue weighted by molar-refractivity contribution is 6.40. The summed E-state index contributed by atoms with van der Waals surface area (Å²) >= 11 is 0. The Bertz CT molecular complexity index is 2130. The van der Waals surface area contributed by atoms with Crippen LogP contribution in [0.15, 0.2) is 103 Å². The molecular weight excluding hydrogens is 547 g/mol. The van der Waals surface area contributed by atoms with E-state index in [9.17, 15) is 9.26 Å². The van der Waals surface area contributed by atoms with Gasteiger partial charge >= 0.3 is 9.17 Å². The number of nitrogens with zero attached hydrogens (tertiary/aromatic N) is 1. The number of fused-ring (bicyclic) bond motifs is 13. The fourth-order valence-corrected chi connectivity index (χ4v) is 7.30. The van der Waals surface area contributed by atoms with Crippen molar-refractivity contribution in [2.75, 3.05) is 26.2 Å². The number of quaternary nitrogens is 1. The molecule has 0 aliphatic carbocycles. The van der Waals surface area contributed by atoms with Gasteiger partial charge in [0.15, 0.2) is 0 Å². The molecule has 0 bridgehead atoms. The highest BCUT2D eigenvalue weighted by Crippen LogP contribution is 2.47. The molecule has 0 fully saturated rings. The van der Waals surface area contributed by atoms with E-state index in [1.807, 2.05) is 48.5 Å². The number of rotatable bonds is 6. The van der Waals surface area contributed by atoms with E-state index >= 15 is 0 Å². The maximum Gasteiger partial charge on any atom is 0.418 e. The lowest BCUT2D eigenvalue weighted by Crippen LogP contribution is -2.47. The normalized spacial score (nSPS) is 11.8. The van der Waals surface area contributed by atoms with Crippen molar-refractivity contribution in [2.45, 2.75) is 27.7 Å². The summed E-state index contributed by atoms with van der Waals surface area (Å²) in [5, 5.41) is 12.8. The summed E-state index contributed by atoms with van der Waals surface area (Å²) in [6, 6.07) is 35.1. The molecule has 5 heteroatoms. The van der Waals surface area contributed by atoms with Gasteiger partial charge in [0.25, 0.3) is 0 Å². The van der Waals surface area contributed by atoms with Crippen molar-refractivity contribution < 1.29 is 18.2 Å². The highest BCUT2D eigenvalue weighted by Gasteiger charge is 2.19. The van der Waals surface area contributed by atoms with Crippen LogP contribution in [0.25, 0.3) is 64.6 Å². The molecule has 0 amide bonds. The zero-order valence-corrected chi connectivity index (χ0v) is 26.3. The first-order valence-corrected chi connectivity index (χ1v) is 16.5. The van der Waals surface area contributed by atoms with Crippen LogP contribution in [0, 0.1) is 0 Å². The number of hydrogen-bond donors (Lipinski definition) is 0. The monoisotopic (exact) mass is 583 g/mol. The van der Waals surface area contributed by atoms with Crippen LogP contribution in [0.3, 0.4) is 0 Å². The van der Waals surface area contributed by atoms with Crippen molar-refractivity contribution in [3.8, 4) is 5.75 Å². The Hall–Kier alpha value is -4.32. The van der Waals surface area contributed by atoms with Gasteiger partial charge in [0.05, 0.1) is 26.2 Å². The maximum absolute atomic E-state index is 11.9. The first-order chi connectivity index (χ1) is 21.0. The Labute approximate surface area is 254 Å². The van der Waals surface area contributed by atoms with Gasteiger partial charge in [-0.1, -0.05) is 97.1 Å². The van der Waals surface area contributed by atoms with E-state index in [1.54, 1.807) is 0 Å². The first kappa shape index (κ1) is 28.8. The smallest absolute Gasteiger partial charge is 0.418 e. The second kappa shape index (κ2) is 11.7. The minimum absolute atomic E-state index is 0.378. The summed E-state index contributed by atoms with van der Waals surface area (Å²) in [5.74, 6) is 0.378. The highest BCUT2D eigenvalue weighted by atomic mass is 28.3. The predicted molar refractivity (Wildman–Crippen MR) is 181 cm³/mol. The lowest BCUT2D eigenvalue weighted by Gasteiger charge is -2.34. The summed E-state index contributed by atoms with van der Waals surface area (Å²) in [7, 11) is -3.46. The van der Waals surface area contributed by atoms with Crippen molar-refractivity contribution in [3.63, 3.8) is 0 Å². The molecule has 7 aromatic rings. The quantitative estimate of drug-likeness (QED) is 0.112. The Morgan fingerprint density at radius 2 is 0.837 bits per heavy atom. The van der Waals surface area contributed by atoms with Crippen LogP contribution < -0.4 is 9.22 Å². The van der Waals surface area contributed by atoms with Crippen molar-refractivity contribution >= 4 is 73.8 Å². The molecule has 4 nitrogen and oxygen atoms in total. The summed E-state index contributed by atoms with van der Waals surface area (Å²) in [4.78, 5) is 11.9. The van der Waals surface area contributed by atoms with Crippen LogP contribution in [0.5, 0.6) is 5.75 Å². The molecule has 0 unspecified atom stereocenters.